The first-order valence-corrected chi connectivity index (χ1v) is 12.7. The Kier molecular flexibility index (Phi) is 3.62. The maximum Gasteiger partial charge on any atom is 0.194 e. The number of aryl methyl sites for hydroxylation is 2. The van der Waals surface area contributed by atoms with Crippen molar-refractivity contribution in [3.05, 3.63) is 80.9 Å². The van der Waals surface area contributed by atoms with Gasteiger partial charge in [-0.1, -0.05) is 12.2 Å². The van der Waals surface area contributed by atoms with Crippen LogP contribution in [0, 0.1) is 48.3 Å². The highest BCUT2D eigenvalue weighted by atomic mass is 16.3. The van der Waals surface area contributed by atoms with E-state index in [-0.39, 0.29) is 44.9 Å². The number of phenols is 2. The van der Waals surface area contributed by atoms with Gasteiger partial charge in [-0.3, -0.25) is 19.2 Å². The van der Waals surface area contributed by atoms with Gasteiger partial charge in [0.2, 0.25) is 0 Å². The molecule has 0 amide bonds. The molecular weight excluding hydrogens is 488 g/mol. The second kappa shape index (κ2) is 6.22. The fraction of sp³-hybridized carbons (Fsp3) is 0.333. The van der Waals surface area contributed by atoms with Crippen molar-refractivity contribution >= 4 is 23.1 Å². The Morgan fingerprint density at radius 3 is 1.37 bits per heavy atom. The Morgan fingerprint density at radius 1 is 0.632 bits per heavy atom. The van der Waals surface area contributed by atoms with E-state index in [0.717, 1.165) is 0 Å². The minimum atomic E-state index is -1.69. The summed E-state index contributed by atoms with van der Waals surface area (Å²) in [4.78, 5) is 56.9. The van der Waals surface area contributed by atoms with Gasteiger partial charge in [-0.25, -0.2) is 0 Å². The number of aliphatic hydroxyl groups excluding tert-OH is 2. The van der Waals surface area contributed by atoms with Gasteiger partial charge in [-0.15, -0.1) is 0 Å². The molecule has 8 nitrogen and oxygen atoms in total. The summed E-state index contributed by atoms with van der Waals surface area (Å²) < 4.78 is 0. The zero-order valence-electron chi connectivity index (χ0n) is 20.4. The third-order valence-corrected chi connectivity index (χ3v) is 10.3. The maximum atomic E-state index is 14.5. The number of aromatic hydroxyl groups is 2. The van der Waals surface area contributed by atoms with Gasteiger partial charge in [0.25, 0.3) is 0 Å². The number of hydrogen-bond acceptors (Lipinski definition) is 8. The van der Waals surface area contributed by atoms with Gasteiger partial charge >= 0.3 is 0 Å². The number of phenolic OH excluding ortho intramolecular Hbond substituents is 2. The van der Waals surface area contributed by atoms with E-state index in [1.807, 2.05) is 0 Å². The van der Waals surface area contributed by atoms with E-state index in [1.165, 1.54) is 36.4 Å². The molecule has 2 aromatic carbocycles. The van der Waals surface area contributed by atoms with E-state index in [1.54, 1.807) is 13.8 Å². The quantitative estimate of drug-likeness (QED) is 0.422. The maximum absolute atomic E-state index is 14.5. The molecule has 0 heterocycles. The van der Waals surface area contributed by atoms with E-state index in [0.29, 0.717) is 11.1 Å². The zero-order valence-corrected chi connectivity index (χ0v) is 20.4. The van der Waals surface area contributed by atoms with Crippen molar-refractivity contribution in [2.75, 3.05) is 0 Å². The molecule has 0 saturated heterocycles. The summed E-state index contributed by atoms with van der Waals surface area (Å²) in [6.45, 7) is 3.36. The lowest BCUT2D eigenvalue weighted by Crippen LogP contribution is -2.58. The van der Waals surface area contributed by atoms with Gasteiger partial charge in [-0.05, 0) is 49.2 Å². The zero-order chi connectivity index (χ0) is 26.8. The highest BCUT2D eigenvalue weighted by Gasteiger charge is 2.84. The van der Waals surface area contributed by atoms with E-state index >= 15 is 0 Å². The second-order valence-corrected chi connectivity index (χ2v) is 11.7. The number of carbonyl (C=O) groups excluding carboxylic acids is 4. The molecule has 6 aliphatic carbocycles. The van der Waals surface area contributed by atoms with Crippen LogP contribution in [0.1, 0.15) is 52.6 Å². The predicted molar refractivity (Wildman–Crippen MR) is 130 cm³/mol. The lowest BCUT2D eigenvalue weighted by atomic mass is 9.49. The van der Waals surface area contributed by atoms with Crippen LogP contribution in [0.15, 0.2) is 47.6 Å². The smallest absolute Gasteiger partial charge is 0.194 e. The number of fused-ring (bicyclic) bond motifs is 4. The molecule has 0 unspecified atom stereocenters. The molecule has 8 atom stereocenters. The Bertz CT molecular complexity index is 1590. The number of carbonyl (C=O) groups is 4. The molecule has 4 bridgehead atoms. The van der Waals surface area contributed by atoms with Gasteiger partial charge in [0.15, 0.2) is 23.1 Å². The topological polar surface area (TPSA) is 149 Å². The second-order valence-electron chi connectivity index (χ2n) is 11.7. The first kappa shape index (κ1) is 22.1. The monoisotopic (exact) mass is 510 g/mol. The van der Waals surface area contributed by atoms with Crippen LogP contribution in [-0.4, -0.2) is 55.8 Å². The van der Waals surface area contributed by atoms with Gasteiger partial charge in [0, 0.05) is 45.9 Å². The summed E-state index contributed by atoms with van der Waals surface area (Å²) in [5.41, 5.74) is -2.38. The largest absolute Gasteiger partial charge is 0.507 e. The van der Waals surface area contributed by atoms with Gasteiger partial charge in [0.1, 0.15) is 11.5 Å². The minimum absolute atomic E-state index is 0.00609. The van der Waals surface area contributed by atoms with Crippen molar-refractivity contribution < 1.29 is 39.6 Å². The minimum Gasteiger partial charge on any atom is -0.507 e. The summed E-state index contributed by atoms with van der Waals surface area (Å²) in [5, 5.41) is 44.7. The third kappa shape index (κ3) is 1.90. The van der Waals surface area contributed by atoms with Crippen LogP contribution < -0.4 is 0 Å². The predicted octanol–water partition coefficient (Wildman–Crippen LogP) is 2.24. The molecule has 0 aliphatic heterocycles. The first-order valence-electron chi connectivity index (χ1n) is 12.7. The Labute approximate surface area is 215 Å². The molecule has 8 rings (SSSR count). The Morgan fingerprint density at radius 2 is 1.00 bits per heavy atom. The Balaban J connectivity index is 1.49. The summed E-state index contributed by atoms with van der Waals surface area (Å²) in [7, 11) is 0. The van der Waals surface area contributed by atoms with Crippen LogP contribution in [0.5, 0.6) is 11.5 Å². The van der Waals surface area contributed by atoms with Gasteiger partial charge in [0.05, 0.1) is 34.2 Å². The lowest BCUT2D eigenvalue weighted by molar-refractivity contribution is 0.00295. The molecule has 38 heavy (non-hydrogen) atoms. The van der Waals surface area contributed by atoms with Crippen molar-refractivity contribution in [3.8, 4) is 11.5 Å². The molecule has 6 aliphatic rings. The van der Waals surface area contributed by atoms with E-state index in [9.17, 15) is 39.6 Å². The molecule has 8 heteroatoms. The number of benzene rings is 2. The van der Waals surface area contributed by atoms with Crippen LogP contribution in [0.4, 0.5) is 0 Å². The van der Waals surface area contributed by atoms with Crippen LogP contribution in [-0.2, 0) is 0 Å². The molecule has 2 aromatic rings. The van der Waals surface area contributed by atoms with E-state index < -0.39 is 69.8 Å². The average Bonchev–Trinajstić information content (AvgIpc) is 3.13. The lowest BCUT2D eigenvalue weighted by Gasteiger charge is -2.52. The number of Topliss-reactive ketones (excluding diaryl/α,β-unsaturated/α-hetero) is 4. The van der Waals surface area contributed by atoms with Crippen LogP contribution in [0.2, 0.25) is 0 Å². The average molecular weight is 510 g/mol. The van der Waals surface area contributed by atoms with E-state index in [2.05, 4.69) is 0 Å². The van der Waals surface area contributed by atoms with E-state index in [4.69, 9.17) is 0 Å². The van der Waals surface area contributed by atoms with Crippen molar-refractivity contribution in [2.45, 2.75) is 26.1 Å². The third-order valence-electron chi connectivity index (χ3n) is 10.3. The molecule has 4 N–H and O–H groups in total. The number of hydrogen-bond donors (Lipinski definition) is 4. The fourth-order valence-electron chi connectivity index (χ4n) is 9.24. The van der Waals surface area contributed by atoms with Crippen molar-refractivity contribution in [1.82, 2.24) is 0 Å². The molecule has 2 saturated carbocycles. The number of ketones is 4. The van der Waals surface area contributed by atoms with Crippen molar-refractivity contribution in [2.24, 2.45) is 34.5 Å². The van der Waals surface area contributed by atoms with Crippen molar-refractivity contribution in [1.29, 1.82) is 0 Å². The van der Waals surface area contributed by atoms with Crippen LogP contribution in [0.3, 0.4) is 0 Å². The van der Waals surface area contributed by atoms with Gasteiger partial charge < -0.3 is 20.4 Å². The molecule has 190 valence electrons. The van der Waals surface area contributed by atoms with Gasteiger partial charge in [-0.2, -0.15) is 0 Å². The summed E-state index contributed by atoms with van der Waals surface area (Å²) in [5.74, 6) is -6.94. The number of rotatable bonds is 0. The standard InChI is InChI=1S/C30H22O8/c1-9-3-11-19(17(31)5-9)23(33)13-7-16-26(36)21-22-25(35)15(29(13,21)27(11)37)8-14-24(34)20-12(28(38)30(14,16)22)4-10(2)6-18(20)32/h3-8,15-16,21-22,25-26,31-32,35-36H,1-2H3/t15-,16+,21-,22-,25+,26+,29+,30+/m0/s1. The highest BCUT2D eigenvalue weighted by molar-refractivity contribution is 6.30. The first-order chi connectivity index (χ1) is 18.0. The normalized spacial score (nSPS) is 38.9. The molecule has 2 fully saturated rings. The summed E-state index contributed by atoms with van der Waals surface area (Å²) in [6, 6.07) is 5.84. The molecular formula is C30H22O8. The summed E-state index contributed by atoms with van der Waals surface area (Å²) in [6.07, 6.45) is 0.365. The SMILES string of the molecule is Cc1cc(O)c2c(c1)C(=O)[C@@]13C(=C[C@H]4[C@@H](O)[C@@H]1[C@H]1[C@H](O)[C@H]3C=C3C(=O)c5c(O)cc(C)cc5C(=O)[C@@]314)C2=O. The molecule has 0 aromatic heterocycles. The number of allylic oxidation sites excluding steroid dienone is 2. The number of aliphatic hydroxyl groups is 2. The van der Waals surface area contributed by atoms with Crippen LogP contribution >= 0.6 is 0 Å². The molecule has 2 spiro atoms. The van der Waals surface area contributed by atoms with Crippen LogP contribution in [0.25, 0.3) is 0 Å². The highest BCUT2D eigenvalue weighted by Crippen LogP contribution is 2.78. The van der Waals surface area contributed by atoms with Crippen molar-refractivity contribution in [3.63, 3.8) is 0 Å². The Hall–Kier alpha value is -3.88. The summed E-state index contributed by atoms with van der Waals surface area (Å²) >= 11 is 0. The fourth-order valence-corrected chi connectivity index (χ4v) is 9.24. The molecule has 0 radical (unpaired) electrons.